The zero-order valence-corrected chi connectivity index (χ0v) is 29.7. The molecule has 1 unspecified atom stereocenters. The first-order valence-corrected chi connectivity index (χ1v) is 19.0. The molecule has 1 saturated heterocycles. The molecule has 4 bridgehead atoms. The van der Waals surface area contributed by atoms with Crippen molar-refractivity contribution < 1.29 is 41.9 Å². The number of aryl methyl sites for hydroxylation is 1. The maximum Gasteiger partial charge on any atom is 0.410 e. The van der Waals surface area contributed by atoms with Crippen LogP contribution in [0.1, 0.15) is 82.4 Å². The Hall–Kier alpha value is -4.14. The molecule has 3 heterocycles. The van der Waals surface area contributed by atoms with E-state index in [1.165, 1.54) is 11.0 Å². The molecule has 272 valence electrons. The van der Waals surface area contributed by atoms with E-state index in [2.05, 4.69) is 28.0 Å². The van der Waals surface area contributed by atoms with Gasteiger partial charge in [0.25, 0.3) is 5.91 Å². The number of benzene rings is 1. The van der Waals surface area contributed by atoms with Gasteiger partial charge < -0.3 is 25.0 Å². The summed E-state index contributed by atoms with van der Waals surface area (Å²) in [6.07, 6.45) is 3.35. The molecule has 2 aliphatic carbocycles. The second-order valence-electron chi connectivity index (χ2n) is 15.2. The number of carbonyl (C=O) groups excluding carboxylic acids is 5. The van der Waals surface area contributed by atoms with Crippen LogP contribution in [0.2, 0.25) is 0 Å². The van der Waals surface area contributed by atoms with Crippen LogP contribution in [0.15, 0.2) is 30.9 Å². The molecule has 15 heteroatoms. The van der Waals surface area contributed by atoms with Gasteiger partial charge in [-0.05, 0) is 67.1 Å². The van der Waals surface area contributed by atoms with Crippen molar-refractivity contribution in [2.45, 2.75) is 114 Å². The number of hydrogen-bond acceptors (Lipinski definition) is 9. The minimum Gasteiger partial charge on any atom is -0.450 e. The van der Waals surface area contributed by atoms with Gasteiger partial charge in [0.1, 0.15) is 23.7 Å². The Bertz CT molecular complexity index is 1690. The van der Waals surface area contributed by atoms with Crippen molar-refractivity contribution in [2.75, 3.05) is 13.2 Å². The first kappa shape index (κ1) is 35.7. The number of alkyl carbamates (subject to hydrolysis) is 1. The number of nitrogens with zero attached hydrogens (tertiary/aromatic N) is 2. The van der Waals surface area contributed by atoms with E-state index in [-0.39, 0.29) is 26.0 Å². The van der Waals surface area contributed by atoms with E-state index in [1.54, 1.807) is 25.7 Å². The number of ether oxygens (including phenoxy) is 2. The molecule has 6 rings (SSSR count). The van der Waals surface area contributed by atoms with Crippen molar-refractivity contribution in [2.24, 2.45) is 11.3 Å². The van der Waals surface area contributed by atoms with Gasteiger partial charge in [-0.25, -0.2) is 18.0 Å². The lowest BCUT2D eigenvalue weighted by Crippen LogP contribution is -2.60. The van der Waals surface area contributed by atoms with Gasteiger partial charge in [-0.3, -0.25) is 24.0 Å². The zero-order chi connectivity index (χ0) is 36.0. The van der Waals surface area contributed by atoms with Gasteiger partial charge in [-0.2, -0.15) is 0 Å². The van der Waals surface area contributed by atoms with Gasteiger partial charge in [0.15, 0.2) is 0 Å². The Labute approximate surface area is 292 Å². The fourth-order valence-electron chi connectivity index (χ4n) is 7.20. The highest BCUT2D eigenvalue weighted by atomic mass is 32.2. The lowest BCUT2D eigenvalue weighted by molar-refractivity contribution is -0.142. The molecule has 50 heavy (non-hydrogen) atoms. The Morgan fingerprint density at radius 3 is 2.50 bits per heavy atom. The molecule has 0 spiro atoms. The van der Waals surface area contributed by atoms with Crippen molar-refractivity contribution in [3.05, 3.63) is 47.5 Å². The van der Waals surface area contributed by atoms with Crippen LogP contribution in [0.25, 0.3) is 0 Å². The molecule has 0 radical (unpaired) electrons. The van der Waals surface area contributed by atoms with E-state index in [0.29, 0.717) is 32.4 Å². The molecule has 1 aromatic rings. The summed E-state index contributed by atoms with van der Waals surface area (Å²) in [5, 5.41) is 4.78. The van der Waals surface area contributed by atoms with E-state index >= 15 is 0 Å². The van der Waals surface area contributed by atoms with Crippen molar-refractivity contribution in [1.29, 1.82) is 0 Å². The van der Waals surface area contributed by atoms with Gasteiger partial charge in [0.2, 0.25) is 21.8 Å². The Balaban J connectivity index is 1.27. The fourth-order valence-corrected chi connectivity index (χ4v) is 8.56. The van der Waals surface area contributed by atoms with E-state index in [0.717, 1.165) is 36.0 Å². The average molecular weight is 714 g/mol. The highest BCUT2D eigenvalue weighted by Gasteiger charge is 2.62. The topological polar surface area (TPSA) is 181 Å². The third kappa shape index (κ3) is 7.33. The SMILES string of the molecule is C=C[C@@H]1C[C@@]1(NC(=O)[C@@H]1CC2CN1C(=O)[C@H](C(C)(C)C)NC(=O)OCCCCCc1cccc3c1CN(C3)C(=O)O2)C(=O)NS(=O)(=O)C1CC1. The largest absolute Gasteiger partial charge is 0.450 e. The van der Waals surface area contributed by atoms with Gasteiger partial charge >= 0.3 is 12.2 Å². The maximum absolute atomic E-state index is 14.3. The molecule has 3 fully saturated rings. The highest BCUT2D eigenvalue weighted by molar-refractivity contribution is 7.91. The number of carbonyl (C=O) groups is 5. The summed E-state index contributed by atoms with van der Waals surface area (Å²) in [4.78, 5) is 71.2. The van der Waals surface area contributed by atoms with Crippen molar-refractivity contribution in [1.82, 2.24) is 25.2 Å². The van der Waals surface area contributed by atoms with Gasteiger partial charge in [0, 0.05) is 25.4 Å². The van der Waals surface area contributed by atoms with Crippen molar-refractivity contribution >= 4 is 39.9 Å². The molecule has 3 N–H and O–H groups in total. The lowest BCUT2D eigenvalue weighted by atomic mass is 9.85. The maximum atomic E-state index is 14.3. The fraction of sp³-hybridized carbons (Fsp3) is 0.629. The Morgan fingerprint density at radius 2 is 1.82 bits per heavy atom. The monoisotopic (exact) mass is 713 g/mol. The smallest absolute Gasteiger partial charge is 0.410 e. The lowest BCUT2D eigenvalue weighted by Gasteiger charge is -2.35. The molecule has 2 saturated carbocycles. The van der Waals surface area contributed by atoms with E-state index in [9.17, 15) is 32.4 Å². The first-order chi connectivity index (χ1) is 23.6. The molecule has 5 atom stereocenters. The second-order valence-corrected chi connectivity index (χ2v) is 17.2. The van der Waals surface area contributed by atoms with Gasteiger partial charge in [0.05, 0.1) is 18.4 Å². The van der Waals surface area contributed by atoms with Crippen molar-refractivity contribution in [3.63, 3.8) is 0 Å². The van der Waals surface area contributed by atoms with E-state index in [4.69, 9.17) is 9.47 Å². The summed E-state index contributed by atoms with van der Waals surface area (Å²) in [5.41, 5.74) is 0.888. The summed E-state index contributed by atoms with van der Waals surface area (Å²) in [6.45, 7) is 9.83. The number of rotatable bonds is 6. The molecule has 0 aromatic heterocycles. The summed E-state index contributed by atoms with van der Waals surface area (Å²) in [5.74, 6) is -2.70. The minimum atomic E-state index is -3.90. The molecular weight excluding hydrogens is 666 g/mol. The van der Waals surface area contributed by atoms with Crippen LogP contribution in [-0.2, 0) is 53.4 Å². The Morgan fingerprint density at radius 1 is 1.08 bits per heavy atom. The molecule has 5 aliphatic rings. The predicted octanol–water partition coefficient (Wildman–Crippen LogP) is 2.64. The van der Waals surface area contributed by atoms with Crippen LogP contribution >= 0.6 is 0 Å². The zero-order valence-electron chi connectivity index (χ0n) is 28.9. The number of sulfonamides is 1. The quantitative estimate of drug-likeness (QED) is 0.374. The molecule has 14 nitrogen and oxygen atoms in total. The number of nitrogens with one attached hydrogen (secondary N) is 3. The van der Waals surface area contributed by atoms with Crippen LogP contribution < -0.4 is 15.4 Å². The third-order valence-electron chi connectivity index (χ3n) is 10.4. The predicted molar refractivity (Wildman–Crippen MR) is 181 cm³/mol. The Kier molecular flexibility index (Phi) is 9.66. The average Bonchev–Trinajstić information content (AvgIpc) is 3.94. The number of amides is 5. The summed E-state index contributed by atoms with van der Waals surface area (Å²) in [7, 11) is -3.90. The second kappa shape index (κ2) is 13.5. The summed E-state index contributed by atoms with van der Waals surface area (Å²) >= 11 is 0. The summed E-state index contributed by atoms with van der Waals surface area (Å²) < 4.78 is 38.8. The van der Waals surface area contributed by atoms with Crippen LogP contribution in [0.5, 0.6) is 0 Å². The van der Waals surface area contributed by atoms with Gasteiger partial charge in [-0.15, -0.1) is 6.58 Å². The number of cyclic esters (lactones) is 1. The third-order valence-corrected chi connectivity index (χ3v) is 12.2. The number of fused-ring (bicyclic) bond motifs is 3. The summed E-state index contributed by atoms with van der Waals surface area (Å²) in [6, 6.07) is 3.70. The standard InChI is InChI=1S/C35H47N5O9S/c1-5-23-17-35(23,31(43)38-50(46,47)25-13-14-25)37-29(41)27-16-24-19-40(27)30(42)28(34(2,3)4)36-32(44)48-15-8-6-7-10-21-11-9-12-22-18-39(20-26(21)22)33(45)49-24/h5,9,11-12,23-25,27-28H,1,6-8,10,13-20H2,2-4H3,(H,36,44)(H,37,41)(H,38,43)/t23-,24?,27+,28-,35+/m1/s1. The van der Waals surface area contributed by atoms with Crippen LogP contribution in [-0.4, -0.2) is 90.3 Å². The first-order valence-electron chi connectivity index (χ1n) is 17.4. The van der Waals surface area contributed by atoms with Crippen LogP contribution in [0.4, 0.5) is 9.59 Å². The van der Waals surface area contributed by atoms with E-state index < -0.39 is 80.2 Å². The molecule has 3 aliphatic heterocycles. The van der Waals surface area contributed by atoms with E-state index in [1.807, 2.05) is 12.1 Å². The number of hydrogen-bond donors (Lipinski definition) is 3. The van der Waals surface area contributed by atoms with Gasteiger partial charge in [-0.1, -0.05) is 45.0 Å². The van der Waals surface area contributed by atoms with Crippen molar-refractivity contribution in [3.8, 4) is 0 Å². The molecule has 5 amide bonds. The van der Waals surface area contributed by atoms with Crippen LogP contribution in [0.3, 0.4) is 0 Å². The normalized spacial score (nSPS) is 29.1. The molecule has 1 aromatic carbocycles. The minimum absolute atomic E-state index is 0.0759. The molecular formula is C35H47N5O9S. The van der Waals surface area contributed by atoms with Crippen LogP contribution in [0, 0.1) is 11.3 Å². The highest BCUT2D eigenvalue weighted by Crippen LogP contribution is 2.45.